The van der Waals surface area contributed by atoms with Crippen LogP contribution in [0.25, 0.3) is 0 Å². The van der Waals surface area contributed by atoms with E-state index in [9.17, 15) is 4.79 Å². The molecule has 0 fully saturated rings. The van der Waals surface area contributed by atoms with Gasteiger partial charge < -0.3 is 4.74 Å². The first-order valence-electron chi connectivity index (χ1n) is 5.39. The van der Waals surface area contributed by atoms with Gasteiger partial charge in [-0.25, -0.2) is 5.43 Å². The molecular weight excluding hydrogens is 320 g/mol. The van der Waals surface area contributed by atoms with Crippen LogP contribution in [0.2, 0.25) is 5.02 Å². The fourth-order valence-electron chi connectivity index (χ4n) is 1.03. The van der Waals surface area contributed by atoms with Gasteiger partial charge in [0.05, 0.1) is 4.47 Å². The predicted octanol–water partition coefficient (Wildman–Crippen LogP) is 3.24. The van der Waals surface area contributed by atoms with Gasteiger partial charge in [-0.15, -0.1) is 0 Å². The second kappa shape index (κ2) is 7.38. The Morgan fingerprint density at radius 2 is 2.33 bits per heavy atom. The lowest BCUT2D eigenvalue weighted by molar-refractivity contribution is -0.123. The Hall–Kier alpha value is -1.07. The summed E-state index contributed by atoms with van der Waals surface area (Å²) in [5.74, 6) is 0.535. The van der Waals surface area contributed by atoms with Gasteiger partial charge >= 0.3 is 0 Å². The number of hydrogen-bond acceptors (Lipinski definition) is 3. The molecule has 6 heteroatoms. The number of benzene rings is 1. The largest absolute Gasteiger partial charge is 0.483 e. The third kappa shape index (κ3) is 5.51. The van der Waals surface area contributed by atoms with Crippen molar-refractivity contribution in [2.45, 2.75) is 13.8 Å². The van der Waals surface area contributed by atoms with E-state index in [4.69, 9.17) is 16.3 Å². The molecule has 0 spiro atoms. The van der Waals surface area contributed by atoms with Gasteiger partial charge in [-0.3, -0.25) is 4.79 Å². The highest BCUT2D eigenvalue weighted by molar-refractivity contribution is 9.10. The van der Waals surface area contributed by atoms with Crippen LogP contribution < -0.4 is 10.2 Å². The van der Waals surface area contributed by atoms with Gasteiger partial charge in [0.15, 0.2) is 6.61 Å². The highest BCUT2D eigenvalue weighted by atomic mass is 79.9. The number of nitrogens with one attached hydrogen (secondary N) is 1. The van der Waals surface area contributed by atoms with Crippen molar-refractivity contribution in [2.24, 2.45) is 11.0 Å². The minimum absolute atomic E-state index is 0.102. The van der Waals surface area contributed by atoms with Gasteiger partial charge in [0.25, 0.3) is 5.91 Å². The summed E-state index contributed by atoms with van der Waals surface area (Å²) in [6, 6.07) is 5.08. The quantitative estimate of drug-likeness (QED) is 0.664. The average molecular weight is 334 g/mol. The second-order valence-corrected chi connectivity index (χ2v) is 5.21. The van der Waals surface area contributed by atoms with E-state index in [1.807, 2.05) is 13.8 Å². The normalized spacial score (nSPS) is 10.9. The lowest BCUT2D eigenvalue weighted by Crippen LogP contribution is -2.24. The fraction of sp³-hybridized carbons (Fsp3) is 0.333. The van der Waals surface area contributed by atoms with E-state index < -0.39 is 0 Å². The molecule has 0 saturated heterocycles. The second-order valence-electron chi connectivity index (χ2n) is 3.92. The predicted molar refractivity (Wildman–Crippen MR) is 76.1 cm³/mol. The summed E-state index contributed by atoms with van der Waals surface area (Å²) in [5, 5.41) is 4.38. The number of ether oxygens (including phenoxy) is 1. The van der Waals surface area contributed by atoms with E-state index in [1.54, 1.807) is 24.4 Å². The summed E-state index contributed by atoms with van der Waals surface area (Å²) in [6.07, 6.45) is 1.65. The molecule has 0 heterocycles. The number of hydrazone groups is 1. The maximum atomic E-state index is 11.4. The Labute approximate surface area is 119 Å². The van der Waals surface area contributed by atoms with Crippen molar-refractivity contribution < 1.29 is 9.53 Å². The van der Waals surface area contributed by atoms with Gasteiger partial charge in [0.2, 0.25) is 0 Å². The molecule has 0 unspecified atom stereocenters. The molecule has 1 aromatic rings. The van der Waals surface area contributed by atoms with Crippen molar-refractivity contribution in [2.75, 3.05) is 6.61 Å². The van der Waals surface area contributed by atoms with Crippen molar-refractivity contribution >= 4 is 39.7 Å². The molecule has 18 heavy (non-hydrogen) atoms. The van der Waals surface area contributed by atoms with E-state index in [1.165, 1.54) is 0 Å². The Bertz CT molecular complexity index is 450. The van der Waals surface area contributed by atoms with Crippen LogP contribution in [-0.4, -0.2) is 18.7 Å². The first-order valence-corrected chi connectivity index (χ1v) is 6.56. The molecule has 1 rings (SSSR count). The third-order valence-corrected chi connectivity index (χ3v) is 2.67. The number of rotatable bonds is 5. The van der Waals surface area contributed by atoms with Gasteiger partial charge in [0, 0.05) is 11.2 Å². The standard InChI is InChI=1S/C12H14BrClN2O2/c1-8(2)6-15-16-12(17)7-18-11-4-3-9(14)5-10(11)13/h3-6,8H,7H2,1-2H3,(H,16,17). The first kappa shape index (κ1) is 15.0. The van der Waals surface area contributed by atoms with Crippen LogP contribution in [0, 0.1) is 5.92 Å². The van der Waals surface area contributed by atoms with Crippen LogP contribution >= 0.6 is 27.5 Å². The number of nitrogens with zero attached hydrogens (tertiary/aromatic N) is 1. The SMILES string of the molecule is CC(C)C=NNC(=O)COc1ccc(Cl)cc1Br. The zero-order chi connectivity index (χ0) is 13.5. The van der Waals surface area contributed by atoms with Crippen LogP contribution in [0.4, 0.5) is 0 Å². The smallest absolute Gasteiger partial charge is 0.277 e. The van der Waals surface area contributed by atoms with Crippen molar-refractivity contribution in [1.82, 2.24) is 5.43 Å². The van der Waals surface area contributed by atoms with Crippen LogP contribution in [0.15, 0.2) is 27.8 Å². The molecule has 0 aliphatic rings. The molecule has 0 aromatic heterocycles. The van der Waals surface area contributed by atoms with Gasteiger partial charge in [0.1, 0.15) is 5.75 Å². The highest BCUT2D eigenvalue weighted by Gasteiger charge is 2.05. The highest BCUT2D eigenvalue weighted by Crippen LogP contribution is 2.27. The Morgan fingerprint density at radius 3 is 2.94 bits per heavy atom. The van der Waals surface area contributed by atoms with Crippen LogP contribution in [0.1, 0.15) is 13.8 Å². The van der Waals surface area contributed by atoms with Crippen molar-refractivity contribution in [3.63, 3.8) is 0 Å². The zero-order valence-corrected chi connectivity index (χ0v) is 12.5. The molecule has 0 aliphatic heterocycles. The minimum Gasteiger partial charge on any atom is -0.483 e. The Balaban J connectivity index is 2.43. The molecule has 1 N–H and O–H groups in total. The van der Waals surface area contributed by atoms with E-state index in [0.717, 1.165) is 0 Å². The number of amides is 1. The number of halogens is 2. The van der Waals surface area contributed by atoms with Crippen LogP contribution in [0.3, 0.4) is 0 Å². The van der Waals surface area contributed by atoms with Crippen molar-refractivity contribution in [1.29, 1.82) is 0 Å². The molecule has 1 aromatic carbocycles. The molecule has 0 atom stereocenters. The molecule has 4 nitrogen and oxygen atoms in total. The Morgan fingerprint density at radius 1 is 1.61 bits per heavy atom. The summed E-state index contributed by atoms with van der Waals surface area (Å²) >= 11 is 9.09. The lowest BCUT2D eigenvalue weighted by Gasteiger charge is -2.07. The average Bonchev–Trinajstić information content (AvgIpc) is 2.27. The zero-order valence-electron chi connectivity index (χ0n) is 10.1. The maximum absolute atomic E-state index is 11.4. The lowest BCUT2D eigenvalue weighted by atomic mass is 10.3. The number of carbonyl (C=O) groups is 1. The molecule has 1 amide bonds. The fourth-order valence-corrected chi connectivity index (χ4v) is 1.82. The van der Waals surface area contributed by atoms with E-state index in [-0.39, 0.29) is 18.4 Å². The number of carbonyl (C=O) groups excluding carboxylic acids is 1. The van der Waals surface area contributed by atoms with Crippen molar-refractivity contribution in [3.8, 4) is 5.75 Å². The third-order valence-electron chi connectivity index (χ3n) is 1.81. The van der Waals surface area contributed by atoms with Gasteiger partial charge in [-0.05, 0) is 40.0 Å². The minimum atomic E-state index is -0.311. The molecular formula is C12H14BrClN2O2. The Kier molecular flexibility index (Phi) is 6.15. The summed E-state index contributed by atoms with van der Waals surface area (Å²) in [5.41, 5.74) is 2.38. The van der Waals surface area contributed by atoms with E-state index >= 15 is 0 Å². The van der Waals surface area contributed by atoms with E-state index in [0.29, 0.717) is 15.2 Å². The van der Waals surface area contributed by atoms with Crippen LogP contribution in [0.5, 0.6) is 5.75 Å². The van der Waals surface area contributed by atoms with E-state index in [2.05, 4.69) is 26.5 Å². The molecule has 0 radical (unpaired) electrons. The molecule has 0 saturated carbocycles. The summed E-state index contributed by atoms with van der Waals surface area (Å²) in [7, 11) is 0. The van der Waals surface area contributed by atoms with Crippen molar-refractivity contribution in [3.05, 3.63) is 27.7 Å². The molecule has 0 bridgehead atoms. The van der Waals surface area contributed by atoms with Gasteiger partial charge in [-0.1, -0.05) is 25.4 Å². The van der Waals surface area contributed by atoms with Gasteiger partial charge in [-0.2, -0.15) is 5.10 Å². The summed E-state index contributed by atoms with van der Waals surface area (Å²) < 4.78 is 6.02. The maximum Gasteiger partial charge on any atom is 0.277 e. The number of hydrogen-bond donors (Lipinski definition) is 1. The summed E-state index contributed by atoms with van der Waals surface area (Å²) in [6.45, 7) is 3.84. The topological polar surface area (TPSA) is 50.7 Å². The first-order chi connectivity index (χ1) is 8.49. The monoisotopic (exact) mass is 332 g/mol. The summed E-state index contributed by atoms with van der Waals surface area (Å²) in [4.78, 5) is 11.4. The molecule has 0 aliphatic carbocycles. The molecule has 98 valence electrons. The van der Waals surface area contributed by atoms with Crippen LogP contribution in [-0.2, 0) is 4.79 Å².